The number of methoxy groups -OCH3 is 1. The summed E-state index contributed by atoms with van der Waals surface area (Å²) in [5.41, 5.74) is 3.08. The first-order valence-corrected chi connectivity index (χ1v) is 8.81. The van der Waals surface area contributed by atoms with E-state index in [9.17, 15) is 0 Å². The lowest BCUT2D eigenvalue weighted by Gasteiger charge is -2.20. The van der Waals surface area contributed by atoms with Gasteiger partial charge in [-0.2, -0.15) is 5.10 Å². The van der Waals surface area contributed by atoms with E-state index >= 15 is 0 Å². The van der Waals surface area contributed by atoms with Crippen molar-refractivity contribution in [1.82, 2.24) is 19.7 Å². The molecule has 3 aromatic rings. The Kier molecular flexibility index (Phi) is 5.85. The quantitative estimate of drug-likeness (QED) is 0.676. The second-order valence-corrected chi connectivity index (χ2v) is 6.57. The second-order valence-electron chi connectivity index (χ2n) is 6.13. The van der Waals surface area contributed by atoms with Gasteiger partial charge in [0.1, 0.15) is 5.82 Å². The molecule has 136 valence electrons. The number of nitrogens with one attached hydrogen (secondary N) is 1. The molecule has 0 saturated carbocycles. The molecule has 2 aromatic heterocycles. The number of halogens is 1. The third kappa shape index (κ3) is 4.39. The number of hydrogen-bond donors (Lipinski definition) is 1. The van der Waals surface area contributed by atoms with Crippen LogP contribution in [0.3, 0.4) is 0 Å². The minimum absolute atomic E-state index is 0.0391. The Bertz CT molecular complexity index is 863. The molecule has 1 N–H and O–H groups in total. The molecule has 0 radical (unpaired) electrons. The molecule has 2 heterocycles. The Hall–Kier alpha value is -2.44. The summed E-state index contributed by atoms with van der Waals surface area (Å²) in [7, 11) is 1.70. The summed E-state index contributed by atoms with van der Waals surface area (Å²) in [4.78, 5) is 8.98. The zero-order chi connectivity index (χ0) is 18.5. The summed E-state index contributed by atoms with van der Waals surface area (Å²) in [6.07, 6.45) is 4.21. The maximum absolute atomic E-state index is 6.01. The van der Waals surface area contributed by atoms with Crippen LogP contribution in [0.4, 0.5) is 5.82 Å². The first-order chi connectivity index (χ1) is 12.6. The molecular weight excluding hydrogens is 350 g/mol. The summed E-state index contributed by atoms with van der Waals surface area (Å²) in [6, 6.07) is 9.84. The average Bonchev–Trinajstić information content (AvgIpc) is 2.98. The Morgan fingerprint density at radius 2 is 1.96 bits per heavy atom. The zero-order valence-electron chi connectivity index (χ0n) is 15.1. The van der Waals surface area contributed by atoms with Crippen molar-refractivity contribution < 1.29 is 4.74 Å². The highest BCUT2D eigenvalue weighted by molar-refractivity contribution is 6.30. The van der Waals surface area contributed by atoms with Crippen LogP contribution in [0.15, 0.2) is 42.7 Å². The van der Waals surface area contributed by atoms with Gasteiger partial charge in [0.25, 0.3) is 0 Å². The van der Waals surface area contributed by atoms with Gasteiger partial charge in [-0.1, -0.05) is 23.7 Å². The van der Waals surface area contributed by atoms with Gasteiger partial charge in [0.2, 0.25) is 0 Å². The van der Waals surface area contributed by atoms with E-state index in [-0.39, 0.29) is 6.04 Å². The van der Waals surface area contributed by atoms with Crippen LogP contribution in [0.1, 0.15) is 29.4 Å². The molecule has 26 heavy (non-hydrogen) atoms. The van der Waals surface area contributed by atoms with Crippen molar-refractivity contribution in [1.29, 1.82) is 0 Å². The highest BCUT2D eigenvalue weighted by Crippen LogP contribution is 2.23. The highest BCUT2D eigenvalue weighted by Gasteiger charge is 2.13. The molecule has 0 fully saturated rings. The van der Waals surface area contributed by atoms with Crippen LogP contribution in [0.25, 0.3) is 5.82 Å². The van der Waals surface area contributed by atoms with E-state index in [0.717, 1.165) is 23.4 Å². The van der Waals surface area contributed by atoms with Crippen LogP contribution in [-0.2, 0) is 4.74 Å². The SMILES string of the molecule is COCCC(Nc1cncc(-n2nc(C)cc2C)n1)c1ccc(Cl)cc1. The fourth-order valence-corrected chi connectivity index (χ4v) is 2.95. The standard InChI is InChI=1S/C19H22ClN5O/c1-13-10-14(2)25(24-13)19-12-21-11-18(23-19)22-17(8-9-26-3)15-4-6-16(20)7-5-15/h4-7,10-12,17H,8-9H2,1-3H3,(H,22,23). The van der Waals surface area contributed by atoms with Gasteiger partial charge in [-0.15, -0.1) is 0 Å². The summed E-state index contributed by atoms with van der Waals surface area (Å²) < 4.78 is 7.04. The molecule has 0 aliphatic carbocycles. The third-order valence-electron chi connectivity index (χ3n) is 4.05. The van der Waals surface area contributed by atoms with Crippen molar-refractivity contribution in [2.24, 2.45) is 0 Å². The maximum Gasteiger partial charge on any atom is 0.174 e. The molecule has 0 amide bonds. The van der Waals surface area contributed by atoms with E-state index in [1.165, 1.54) is 0 Å². The molecule has 0 bridgehead atoms. The Labute approximate surface area is 158 Å². The number of aromatic nitrogens is 4. The highest BCUT2D eigenvalue weighted by atomic mass is 35.5. The lowest BCUT2D eigenvalue weighted by atomic mass is 10.0. The van der Waals surface area contributed by atoms with E-state index in [1.54, 1.807) is 24.2 Å². The normalized spacial score (nSPS) is 12.2. The summed E-state index contributed by atoms with van der Waals surface area (Å²) >= 11 is 6.01. The number of hydrogen-bond acceptors (Lipinski definition) is 5. The molecule has 0 spiro atoms. The Morgan fingerprint density at radius 3 is 2.62 bits per heavy atom. The lowest BCUT2D eigenvalue weighted by Crippen LogP contribution is -2.15. The van der Waals surface area contributed by atoms with Crippen LogP contribution in [0.2, 0.25) is 5.02 Å². The topological polar surface area (TPSA) is 64.9 Å². The summed E-state index contributed by atoms with van der Waals surface area (Å²) in [5, 5.41) is 8.63. The molecule has 1 unspecified atom stereocenters. The largest absolute Gasteiger partial charge is 0.385 e. The van der Waals surface area contributed by atoms with Gasteiger partial charge in [0, 0.05) is 24.4 Å². The molecule has 7 heteroatoms. The zero-order valence-corrected chi connectivity index (χ0v) is 15.9. The van der Waals surface area contributed by atoms with Crippen molar-refractivity contribution in [2.75, 3.05) is 19.0 Å². The predicted octanol–water partition coefficient (Wildman–Crippen LogP) is 4.12. The fraction of sp³-hybridized carbons (Fsp3) is 0.316. The van der Waals surface area contributed by atoms with Crippen LogP contribution in [-0.4, -0.2) is 33.5 Å². The van der Waals surface area contributed by atoms with Crippen LogP contribution in [0, 0.1) is 13.8 Å². The van der Waals surface area contributed by atoms with Gasteiger partial charge >= 0.3 is 0 Å². The second kappa shape index (κ2) is 8.29. The predicted molar refractivity (Wildman–Crippen MR) is 103 cm³/mol. The third-order valence-corrected chi connectivity index (χ3v) is 4.31. The number of rotatable bonds is 7. The van der Waals surface area contributed by atoms with E-state index in [4.69, 9.17) is 16.3 Å². The first kappa shape index (κ1) is 18.4. The van der Waals surface area contributed by atoms with Crippen LogP contribution in [0.5, 0.6) is 0 Å². The summed E-state index contributed by atoms with van der Waals surface area (Å²) in [6.45, 7) is 4.59. The number of aryl methyl sites for hydroxylation is 2. The van der Waals surface area contributed by atoms with Crippen molar-refractivity contribution in [2.45, 2.75) is 26.3 Å². The number of benzene rings is 1. The number of anilines is 1. The molecule has 3 rings (SSSR count). The van der Waals surface area contributed by atoms with Gasteiger partial charge in [-0.3, -0.25) is 4.98 Å². The van der Waals surface area contributed by atoms with E-state index in [2.05, 4.69) is 20.4 Å². The Balaban J connectivity index is 1.85. The lowest BCUT2D eigenvalue weighted by molar-refractivity contribution is 0.190. The van der Waals surface area contributed by atoms with Gasteiger partial charge < -0.3 is 10.1 Å². The molecule has 1 aromatic carbocycles. The van der Waals surface area contributed by atoms with Gasteiger partial charge in [-0.05, 0) is 44.0 Å². The summed E-state index contributed by atoms with van der Waals surface area (Å²) in [5.74, 6) is 1.37. The van der Waals surface area contributed by atoms with Crippen LogP contribution >= 0.6 is 11.6 Å². The molecule has 0 saturated heterocycles. The van der Waals surface area contributed by atoms with Crippen LogP contribution < -0.4 is 5.32 Å². The van der Waals surface area contributed by atoms with E-state index < -0.39 is 0 Å². The molecule has 1 atom stereocenters. The smallest absolute Gasteiger partial charge is 0.174 e. The van der Waals surface area contributed by atoms with Crippen molar-refractivity contribution in [3.63, 3.8) is 0 Å². The van der Waals surface area contributed by atoms with Gasteiger partial charge in [0.15, 0.2) is 5.82 Å². The molecule has 6 nitrogen and oxygen atoms in total. The van der Waals surface area contributed by atoms with Crippen molar-refractivity contribution in [3.05, 3.63) is 64.7 Å². The van der Waals surface area contributed by atoms with E-state index in [1.807, 2.05) is 44.2 Å². The number of ether oxygens (including phenoxy) is 1. The first-order valence-electron chi connectivity index (χ1n) is 8.43. The monoisotopic (exact) mass is 371 g/mol. The van der Waals surface area contributed by atoms with Gasteiger partial charge in [-0.25, -0.2) is 9.67 Å². The Morgan fingerprint density at radius 1 is 1.19 bits per heavy atom. The van der Waals surface area contributed by atoms with Crippen molar-refractivity contribution >= 4 is 17.4 Å². The average molecular weight is 372 g/mol. The number of nitrogens with zero attached hydrogens (tertiary/aromatic N) is 4. The van der Waals surface area contributed by atoms with Crippen molar-refractivity contribution in [3.8, 4) is 5.82 Å². The minimum atomic E-state index is 0.0391. The van der Waals surface area contributed by atoms with Gasteiger partial charge in [0.05, 0.1) is 24.1 Å². The van der Waals surface area contributed by atoms with E-state index in [0.29, 0.717) is 23.3 Å². The molecule has 0 aliphatic heterocycles. The molecule has 0 aliphatic rings. The molecular formula is C19H22ClN5O. The maximum atomic E-state index is 6.01. The fourth-order valence-electron chi connectivity index (χ4n) is 2.82. The minimum Gasteiger partial charge on any atom is -0.385 e.